The lowest BCUT2D eigenvalue weighted by molar-refractivity contribution is -0.215. The summed E-state index contributed by atoms with van der Waals surface area (Å²) in [5.74, 6) is -2.52. The predicted octanol–water partition coefficient (Wildman–Crippen LogP) is 1.90. The molecule has 3 fully saturated rings. The summed E-state index contributed by atoms with van der Waals surface area (Å²) in [4.78, 5) is 24.4. The number of fused-ring (bicyclic) bond motifs is 5. The molecule has 6 heteroatoms. The van der Waals surface area contributed by atoms with Crippen molar-refractivity contribution in [2.45, 2.75) is 63.8 Å². The van der Waals surface area contributed by atoms with Crippen LogP contribution in [0.15, 0.2) is 23.8 Å². The van der Waals surface area contributed by atoms with E-state index in [0.717, 1.165) is 5.57 Å². The Hall–Kier alpha value is -1.37. The molecular weight excluding hydrogens is 363 g/mol. The van der Waals surface area contributed by atoms with Gasteiger partial charge in [0.25, 0.3) is 0 Å². The minimum absolute atomic E-state index is 0.0113. The van der Waals surface area contributed by atoms with Gasteiger partial charge in [-0.15, -0.1) is 0 Å². The van der Waals surface area contributed by atoms with Crippen LogP contribution in [0, 0.1) is 28.6 Å². The normalized spacial score (nSPS) is 52.5. The molecule has 0 unspecified atom stereocenters. The minimum Gasteiger partial charge on any atom is -0.393 e. The van der Waals surface area contributed by atoms with Crippen LogP contribution in [0.4, 0.5) is 4.39 Å². The molecule has 0 heterocycles. The van der Waals surface area contributed by atoms with E-state index in [4.69, 9.17) is 0 Å². The van der Waals surface area contributed by atoms with Crippen molar-refractivity contribution in [3.05, 3.63) is 23.8 Å². The van der Waals surface area contributed by atoms with E-state index in [1.165, 1.54) is 6.08 Å². The molecule has 154 valence electrons. The molecule has 28 heavy (non-hydrogen) atoms. The van der Waals surface area contributed by atoms with Crippen LogP contribution in [-0.2, 0) is 9.59 Å². The molecule has 0 amide bonds. The van der Waals surface area contributed by atoms with Crippen molar-refractivity contribution in [1.29, 1.82) is 0 Å². The van der Waals surface area contributed by atoms with E-state index >= 15 is 4.39 Å². The summed E-state index contributed by atoms with van der Waals surface area (Å²) in [6.45, 7) is 4.29. The van der Waals surface area contributed by atoms with Crippen LogP contribution in [0.2, 0.25) is 0 Å². The topological polar surface area (TPSA) is 94.8 Å². The van der Waals surface area contributed by atoms with E-state index in [-0.39, 0.29) is 18.6 Å². The van der Waals surface area contributed by atoms with Crippen LogP contribution >= 0.6 is 0 Å². The second kappa shape index (κ2) is 5.83. The smallest absolute Gasteiger partial charge is 0.190 e. The van der Waals surface area contributed by atoms with Crippen LogP contribution in [0.1, 0.15) is 46.5 Å². The zero-order chi connectivity index (χ0) is 20.7. The van der Waals surface area contributed by atoms with E-state index in [9.17, 15) is 24.9 Å². The first-order valence-electron chi connectivity index (χ1n) is 10.1. The largest absolute Gasteiger partial charge is 0.393 e. The van der Waals surface area contributed by atoms with Gasteiger partial charge in [0.15, 0.2) is 11.6 Å². The Kier molecular flexibility index (Phi) is 4.15. The number of carbonyl (C=O) groups excluding carboxylic acids is 2. The molecule has 4 aliphatic rings. The summed E-state index contributed by atoms with van der Waals surface area (Å²) in [5, 5.41) is 32.0. The Balaban J connectivity index is 1.84. The van der Waals surface area contributed by atoms with Crippen molar-refractivity contribution < 1.29 is 29.3 Å². The van der Waals surface area contributed by atoms with Crippen LogP contribution in [0.3, 0.4) is 0 Å². The average molecular weight is 392 g/mol. The lowest BCUT2D eigenvalue weighted by atomic mass is 9.45. The third-order valence-electron chi connectivity index (χ3n) is 8.72. The van der Waals surface area contributed by atoms with Gasteiger partial charge < -0.3 is 15.3 Å². The van der Waals surface area contributed by atoms with Gasteiger partial charge in [-0.1, -0.05) is 32.4 Å². The van der Waals surface area contributed by atoms with Crippen molar-refractivity contribution in [3.63, 3.8) is 0 Å². The van der Waals surface area contributed by atoms with Crippen LogP contribution in [0.25, 0.3) is 0 Å². The Morgan fingerprint density at radius 2 is 2.00 bits per heavy atom. The van der Waals surface area contributed by atoms with Gasteiger partial charge in [-0.05, 0) is 43.8 Å². The zero-order valence-corrected chi connectivity index (χ0v) is 16.6. The molecule has 0 spiro atoms. The van der Waals surface area contributed by atoms with Crippen LogP contribution in [-0.4, -0.2) is 50.9 Å². The van der Waals surface area contributed by atoms with Gasteiger partial charge in [-0.25, -0.2) is 4.39 Å². The van der Waals surface area contributed by atoms with E-state index in [1.807, 2.05) is 6.92 Å². The van der Waals surface area contributed by atoms with E-state index in [0.29, 0.717) is 12.8 Å². The highest BCUT2D eigenvalue weighted by Gasteiger charge is 2.77. The number of ketones is 2. The maximum atomic E-state index is 16.9. The number of hydrogen-bond acceptors (Lipinski definition) is 5. The van der Waals surface area contributed by atoms with Gasteiger partial charge in [-0.3, -0.25) is 9.59 Å². The zero-order valence-electron chi connectivity index (χ0n) is 16.6. The first-order valence-corrected chi connectivity index (χ1v) is 10.1. The first kappa shape index (κ1) is 19.9. The van der Waals surface area contributed by atoms with Gasteiger partial charge in [0.1, 0.15) is 17.9 Å². The van der Waals surface area contributed by atoms with Crippen molar-refractivity contribution in [1.82, 2.24) is 0 Å². The Morgan fingerprint density at radius 3 is 2.64 bits per heavy atom. The molecule has 4 rings (SSSR count). The molecule has 0 aromatic rings. The summed E-state index contributed by atoms with van der Waals surface area (Å²) >= 11 is 0. The number of carbonyl (C=O) groups is 2. The quantitative estimate of drug-likeness (QED) is 0.667. The van der Waals surface area contributed by atoms with Gasteiger partial charge in [0.2, 0.25) is 0 Å². The summed E-state index contributed by atoms with van der Waals surface area (Å²) in [7, 11) is 0. The van der Waals surface area contributed by atoms with Gasteiger partial charge in [0.05, 0.1) is 6.10 Å². The maximum Gasteiger partial charge on any atom is 0.190 e. The maximum absolute atomic E-state index is 16.9. The standard InChI is InChI=1S/C22H29FO5/c1-12-9-21(23)15-5-4-13-8-14(25)6-7-19(13,2)18(15)16(26)10-20(21,3)22(12,28)17(27)11-24/h6-8,12,15-16,18,24,26,28H,4-5,9-11H2,1-3H3/t12-,15-,16+,18-,19+,20+,21-,22+/m1/s1. The Labute approximate surface area is 164 Å². The molecular formula is C22H29FO5. The lowest BCUT2D eigenvalue weighted by Crippen LogP contribution is -2.68. The molecule has 4 aliphatic carbocycles. The minimum atomic E-state index is -2.02. The predicted molar refractivity (Wildman–Crippen MR) is 99.9 cm³/mol. The second-order valence-electron chi connectivity index (χ2n) is 9.78. The molecule has 8 atom stereocenters. The van der Waals surface area contributed by atoms with E-state index < -0.39 is 58.3 Å². The second-order valence-corrected chi connectivity index (χ2v) is 9.78. The number of halogens is 1. The number of aliphatic hydroxyl groups excluding tert-OH is 2. The Morgan fingerprint density at radius 1 is 1.32 bits per heavy atom. The van der Waals surface area contributed by atoms with Crippen LogP contribution in [0.5, 0.6) is 0 Å². The number of allylic oxidation sites excluding steroid dienone is 4. The fourth-order valence-corrected chi connectivity index (χ4v) is 7.31. The average Bonchev–Trinajstić information content (AvgIpc) is 2.79. The van der Waals surface area contributed by atoms with Crippen LogP contribution < -0.4 is 0 Å². The highest BCUT2D eigenvalue weighted by molar-refractivity contribution is 6.01. The monoisotopic (exact) mass is 392 g/mol. The summed E-state index contributed by atoms with van der Waals surface area (Å²) < 4.78 is 16.9. The summed E-state index contributed by atoms with van der Waals surface area (Å²) in [6.07, 6.45) is 4.88. The number of rotatable bonds is 2. The lowest BCUT2D eigenvalue weighted by Gasteiger charge is -2.61. The van der Waals surface area contributed by atoms with E-state index in [1.54, 1.807) is 26.0 Å². The molecule has 3 saturated carbocycles. The number of aliphatic hydroxyl groups is 3. The highest BCUT2D eigenvalue weighted by atomic mass is 19.1. The molecule has 0 radical (unpaired) electrons. The fourth-order valence-electron chi connectivity index (χ4n) is 7.31. The molecule has 0 bridgehead atoms. The van der Waals surface area contributed by atoms with E-state index in [2.05, 4.69) is 0 Å². The molecule has 3 N–H and O–H groups in total. The third kappa shape index (κ3) is 2.06. The van der Waals surface area contributed by atoms with Crippen molar-refractivity contribution in [2.24, 2.45) is 28.6 Å². The molecule has 0 aliphatic heterocycles. The van der Waals surface area contributed by atoms with Gasteiger partial charge in [0, 0.05) is 22.7 Å². The molecule has 0 aromatic carbocycles. The first-order chi connectivity index (χ1) is 13.0. The third-order valence-corrected chi connectivity index (χ3v) is 8.72. The summed E-state index contributed by atoms with van der Waals surface area (Å²) in [6, 6.07) is 0. The van der Waals surface area contributed by atoms with Gasteiger partial charge >= 0.3 is 0 Å². The van der Waals surface area contributed by atoms with Gasteiger partial charge in [-0.2, -0.15) is 0 Å². The summed E-state index contributed by atoms with van der Waals surface area (Å²) in [5.41, 5.74) is -5.05. The molecule has 5 nitrogen and oxygen atoms in total. The fraction of sp³-hybridized carbons (Fsp3) is 0.727. The highest BCUT2D eigenvalue weighted by Crippen LogP contribution is 2.71. The number of Topliss-reactive ketones (excluding diaryl/α,β-unsaturated/α-hetero) is 1. The molecule has 0 saturated heterocycles. The Bertz CT molecular complexity index is 805. The molecule has 0 aromatic heterocycles. The van der Waals surface area contributed by atoms with Crippen molar-refractivity contribution >= 4 is 11.6 Å². The van der Waals surface area contributed by atoms with Crippen molar-refractivity contribution in [3.8, 4) is 0 Å². The SMILES string of the molecule is C[C@@H]1C[C@@]2(F)[C@@H]3CCC4=CC(=O)C=C[C@]4(C)[C@H]3[C@@H](O)C[C@]2(C)[C@@]1(O)C(=O)CO. The number of hydrogen-bond donors (Lipinski definition) is 3. The number of alkyl halides is 1. The van der Waals surface area contributed by atoms with Crippen molar-refractivity contribution in [2.75, 3.05) is 6.61 Å².